The van der Waals surface area contributed by atoms with Crippen LogP contribution in [-0.4, -0.2) is 55.3 Å². The Hall–Kier alpha value is -3.48. The van der Waals surface area contributed by atoms with Crippen molar-refractivity contribution in [2.45, 2.75) is 6.92 Å². The minimum absolute atomic E-state index is 0.292. The van der Waals surface area contributed by atoms with Crippen LogP contribution in [0.5, 0.6) is 5.75 Å². The number of aromatic nitrogens is 2. The summed E-state index contributed by atoms with van der Waals surface area (Å²) in [7, 11) is 3.98. The van der Waals surface area contributed by atoms with E-state index in [0.717, 1.165) is 55.1 Å². The number of anilines is 5. The Balaban J connectivity index is 1.51. The molecule has 1 aliphatic heterocycles. The fourth-order valence-electron chi connectivity index (χ4n) is 3.47. The molecule has 156 valence electrons. The van der Waals surface area contributed by atoms with E-state index in [0.29, 0.717) is 5.75 Å². The lowest BCUT2D eigenvalue weighted by Gasteiger charge is -2.36. The van der Waals surface area contributed by atoms with Crippen molar-refractivity contribution in [2.75, 3.05) is 60.3 Å². The van der Waals surface area contributed by atoms with Crippen molar-refractivity contribution in [1.29, 1.82) is 0 Å². The zero-order chi connectivity index (χ0) is 21.1. The van der Waals surface area contributed by atoms with Crippen molar-refractivity contribution in [2.24, 2.45) is 0 Å². The molecule has 2 aromatic carbocycles. The summed E-state index contributed by atoms with van der Waals surface area (Å²) < 4.78 is 0. The number of phenolic OH excluding ortho intramolecular Hbond substituents is 1. The quantitative estimate of drug-likeness (QED) is 0.673. The van der Waals surface area contributed by atoms with Gasteiger partial charge in [0.15, 0.2) is 0 Å². The zero-order valence-corrected chi connectivity index (χ0v) is 17.7. The second-order valence-corrected chi connectivity index (χ2v) is 7.79. The van der Waals surface area contributed by atoms with Crippen LogP contribution in [0.2, 0.25) is 0 Å². The Morgan fingerprint density at radius 3 is 2.13 bits per heavy atom. The largest absolute Gasteiger partial charge is 0.508 e. The molecule has 7 heteroatoms. The van der Waals surface area contributed by atoms with Crippen LogP contribution >= 0.6 is 0 Å². The van der Waals surface area contributed by atoms with E-state index in [1.165, 1.54) is 5.56 Å². The van der Waals surface area contributed by atoms with Gasteiger partial charge >= 0.3 is 0 Å². The van der Waals surface area contributed by atoms with Gasteiger partial charge in [-0.25, -0.2) is 0 Å². The number of hydrogen-bond donors (Lipinski definition) is 2. The van der Waals surface area contributed by atoms with Gasteiger partial charge in [-0.2, -0.15) is 9.97 Å². The second-order valence-electron chi connectivity index (χ2n) is 7.79. The number of benzene rings is 2. The van der Waals surface area contributed by atoms with Crippen LogP contribution in [0.3, 0.4) is 0 Å². The molecule has 1 aliphatic rings. The van der Waals surface area contributed by atoms with Gasteiger partial charge in [-0.05, 0) is 43.3 Å². The summed E-state index contributed by atoms with van der Waals surface area (Å²) in [5, 5.41) is 12.9. The Morgan fingerprint density at radius 1 is 0.867 bits per heavy atom. The molecule has 2 heterocycles. The van der Waals surface area contributed by atoms with E-state index in [-0.39, 0.29) is 0 Å². The second kappa shape index (κ2) is 8.49. The zero-order valence-electron chi connectivity index (χ0n) is 17.7. The number of phenols is 1. The summed E-state index contributed by atoms with van der Waals surface area (Å²) in [6.45, 7) is 5.50. The molecule has 0 atom stereocenters. The minimum Gasteiger partial charge on any atom is -0.508 e. The fourth-order valence-corrected chi connectivity index (χ4v) is 3.47. The number of aromatic hydroxyl groups is 1. The van der Waals surface area contributed by atoms with E-state index in [4.69, 9.17) is 9.97 Å². The predicted octanol–water partition coefficient (Wildman–Crippen LogP) is 3.63. The van der Waals surface area contributed by atoms with Crippen molar-refractivity contribution in [1.82, 2.24) is 9.97 Å². The van der Waals surface area contributed by atoms with Crippen molar-refractivity contribution < 1.29 is 5.11 Å². The summed E-state index contributed by atoms with van der Waals surface area (Å²) in [5.41, 5.74) is 3.36. The van der Waals surface area contributed by atoms with Crippen molar-refractivity contribution in [3.05, 3.63) is 60.2 Å². The molecule has 3 aromatic rings. The normalized spacial score (nSPS) is 14.0. The molecule has 4 rings (SSSR count). The number of nitrogens with one attached hydrogen (secondary N) is 1. The molecule has 0 bridgehead atoms. The van der Waals surface area contributed by atoms with Gasteiger partial charge in [0.05, 0.1) is 0 Å². The number of nitrogens with zero attached hydrogens (tertiary/aromatic N) is 5. The van der Waals surface area contributed by atoms with E-state index in [9.17, 15) is 5.11 Å². The van der Waals surface area contributed by atoms with Gasteiger partial charge in [-0.15, -0.1) is 0 Å². The molecule has 0 aliphatic carbocycles. The molecule has 2 N–H and O–H groups in total. The molecule has 1 aromatic heterocycles. The van der Waals surface area contributed by atoms with Crippen LogP contribution < -0.4 is 20.0 Å². The third-order valence-corrected chi connectivity index (χ3v) is 5.26. The third kappa shape index (κ3) is 4.56. The first-order chi connectivity index (χ1) is 14.5. The first kappa shape index (κ1) is 19.8. The molecule has 0 spiro atoms. The van der Waals surface area contributed by atoms with Gasteiger partial charge in [-0.3, -0.25) is 0 Å². The highest BCUT2D eigenvalue weighted by atomic mass is 16.3. The lowest BCUT2D eigenvalue weighted by molar-refractivity contribution is 0.475. The van der Waals surface area contributed by atoms with E-state index >= 15 is 0 Å². The number of rotatable bonds is 5. The Bertz CT molecular complexity index is 980. The van der Waals surface area contributed by atoms with Crippen LogP contribution in [0.1, 0.15) is 5.56 Å². The summed E-state index contributed by atoms with van der Waals surface area (Å²) in [6, 6.07) is 17.6. The third-order valence-electron chi connectivity index (χ3n) is 5.26. The Kier molecular flexibility index (Phi) is 5.61. The molecule has 0 radical (unpaired) electrons. The lowest BCUT2D eigenvalue weighted by atomic mass is 10.2. The minimum atomic E-state index is 0.292. The average Bonchev–Trinajstić information content (AvgIpc) is 2.76. The standard InChI is InChI=1S/C23H28N6O/c1-17-4-6-18(7-5-17)24-21-16-22(27(2)3)26-23(25-21)29-14-12-28(13-15-29)19-8-10-20(30)11-9-19/h4-11,16,30H,12-15H2,1-3H3,(H,24,25,26). The van der Waals surface area contributed by atoms with Crippen LogP contribution in [-0.2, 0) is 0 Å². The first-order valence-corrected chi connectivity index (χ1v) is 10.2. The molecule has 0 unspecified atom stereocenters. The van der Waals surface area contributed by atoms with Crippen molar-refractivity contribution in [3.63, 3.8) is 0 Å². The van der Waals surface area contributed by atoms with E-state index in [1.807, 2.05) is 37.2 Å². The lowest BCUT2D eigenvalue weighted by Crippen LogP contribution is -2.47. The highest BCUT2D eigenvalue weighted by molar-refractivity contribution is 5.62. The van der Waals surface area contributed by atoms with Crippen LogP contribution in [0.25, 0.3) is 0 Å². The van der Waals surface area contributed by atoms with Crippen molar-refractivity contribution in [3.8, 4) is 5.75 Å². The molecule has 0 saturated carbocycles. The summed E-state index contributed by atoms with van der Waals surface area (Å²) in [5.74, 6) is 2.69. The van der Waals surface area contributed by atoms with Crippen LogP contribution in [0.15, 0.2) is 54.6 Å². The molecular weight excluding hydrogens is 376 g/mol. The van der Waals surface area contributed by atoms with E-state index < -0.39 is 0 Å². The number of hydrogen-bond acceptors (Lipinski definition) is 7. The van der Waals surface area contributed by atoms with Gasteiger partial charge in [0.1, 0.15) is 17.4 Å². The molecular formula is C23H28N6O. The SMILES string of the molecule is Cc1ccc(Nc2cc(N(C)C)nc(N3CCN(c4ccc(O)cc4)CC3)n2)cc1. The van der Waals surface area contributed by atoms with Gasteiger partial charge in [0.2, 0.25) is 5.95 Å². The van der Waals surface area contributed by atoms with E-state index in [1.54, 1.807) is 12.1 Å². The highest BCUT2D eigenvalue weighted by Crippen LogP contribution is 2.25. The van der Waals surface area contributed by atoms with Gasteiger partial charge < -0.3 is 25.1 Å². The molecule has 0 amide bonds. The van der Waals surface area contributed by atoms with Crippen LogP contribution in [0.4, 0.5) is 29.0 Å². The molecule has 1 saturated heterocycles. The molecule has 30 heavy (non-hydrogen) atoms. The van der Waals surface area contributed by atoms with Gasteiger partial charge in [-0.1, -0.05) is 17.7 Å². The average molecular weight is 405 g/mol. The first-order valence-electron chi connectivity index (χ1n) is 10.2. The van der Waals surface area contributed by atoms with Crippen LogP contribution in [0, 0.1) is 6.92 Å². The van der Waals surface area contributed by atoms with Gasteiger partial charge in [0.25, 0.3) is 0 Å². The predicted molar refractivity (Wildman–Crippen MR) is 123 cm³/mol. The summed E-state index contributed by atoms with van der Waals surface area (Å²) in [6.07, 6.45) is 0. The fraction of sp³-hybridized carbons (Fsp3) is 0.304. The smallest absolute Gasteiger partial charge is 0.229 e. The maximum absolute atomic E-state index is 9.51. The van der Waals surface area contributed by atoms with Gasteiger partial charge in [0, 0.05) is 57.7 Å². The molecule has 1 fully saturated rings. The van der Waals surface area contributed by atoms with E-state index in [2.05, 4.69) is 46.3 Å². The number of aryl methyl sites for hydroxylation is 1. The maximum Gasteiger partial charge on any atom is 0.229 e. The maximum atomic E-state index is 9.51. The highest BCUT2D eigenvalue weighted by Gasteiger charge is 2.21. The summed E-state index contributed by atoms with van der Waals surface area (Å²) in [4.78, 5) is 16.1. The van der Waals surface area contributed by atoms with Crippen molar-refractivity contribution >= 4 is 29.0 Å². The Morgan fingerprint density at radius 2 is 1.50 bits per heavy atom. The topological polar surface area (TPSA) is 67.8 Å². The molecule has 7 nitrogen and oxygen atoms in total. The monoisotopic (exact) mass is 404 g/mol. The Labute approximate surface area is 177 Å². The summed E-state index contributed by atoms with van der Waals surface area (Å²) >= 11 is 0. The number of piperazine rings is 1.